The van der Waals surface area contributed by atoms with E-state index in [-0.39, 0.29) is 0 Å². The van der Waals surface area contributed by atoms with Gasteiger partial charge in [-0.1, -0.05) is 37.3 Å². The summed E-state index contributed by atoms with van der Waals surface area (Å²) in [5.41, 5.74) is 1.36. The second kappa shape index (κ2) is 15.7. The van der Waals surface area contributed by atoms with Crippen LogP contribution in [0.5, 0.6) is 0 Å². The highest BCUT2D eigenvalue weighted by Gasteiger charge is 2.14. The Morgan fingerprint density at radius 2 is 1.03 bits per heavy atom. The molecule has 7 nitrogen and oxygen atoms in total. The second-order valence-corrected chi connectivity index (χ2v) is 8.72. The van der Waals surface area contributed by atoms with Crippen molar-refractivity contribution in [1.82, 2.24) is 19.6 Å². The van der Waals surface area contributed by atoms with Gasteiger partial charge in [-0.15, -0.1) is 0 Å². The zero-order valence-corrected chi connectivity index (χ0v) is 20.1. The van der Waals surface area contributed by atoms with Gasteiger partial charge >= 0.3 is 0 Å². The Balaban J connectivity index is 1.63. The summed E-state index contributed by atoms with van der Waals surface area (Å²) in [5.74, 6) is 0. The van der Waals surface area contributed by atoms with Crippen molar-refractivity contribution < 1.29 is 14.2 Å². The average Bonchev–Trinajstić information content (AvgIpc) is 2.81. The third-order valence-corrected chi connectivity index (χ3v) is 6.47. The van der Waals surface area contributed by atoms with Gasteiger partial charge < -0.3 is 19.1 Å². The molecule has 0 N–H and O–H groups in total. The molecule has 3 heterocycles. The molecule has 0 amide bonds. The molecule has 0 aromatic heterocycles. The van der Waals surface area contributed by atoms with E-state index in [1.807, 2.05) is 0 Å². The normalized spacial score (nSPS) is 27.0. The highest BCUT2D eigenvalue weighted by atomic mass is 16.5. The number of fused-ring (bicyclic) bond motifs is 18. The predicted octanol–water partition coefficient (Wildman–Crippen LogP) is 1.49. The predicted molar refractivity (Wildman–Crippen MR) is 129 cm³/mol. The summed E-state index contributed by atoms with van der Waals surface area (Å²) < 4.78 is 18.1. The Bertz CT molecular complexity index is 578. The van der Waals surface area contributed by atoms with Gasteiger partial charge in [0, 0.05) is 72.0 Å². The van der Waals surface area contributed by atoms with Gasteiger partial charge in [0.1, 0.15) is 0 Å². The van der Waals surface area contributed by atoms with Crippen molar-refractivity contribution in [3.05, 3.63) is 35.9 Å². The van der Waals surface area contributed by atoms with Gasteiger partial charge in [-0.05, 0) is 12.1 Å². The van der Waals surface area contributed by atoms with Crippen LogP contribution in [-0.4, -0.2) is 131 Å². The lowest BCUT2D eigenvalue weighted by Crippen LogP contribution is -2.42. The number of likely N-dealkylation sites (N-methyl/N-ethyl adjacent to an activating group) is 1. The molecular weight excluding hydrogens is 404 g/mol. The summed E-state index contributed by atoms with van der Waals surface area (Å²) in [6, 6.07) is 10.8. The van der Waals surface area contributed by atoms with E-state index in [4.69, 9.17) is 14.2 Å². The first-order valence-electron chi connectivity index (χ1n) is 12.5. The molecule has 1 aromatic carbocycles. The van der Waals surface area contributed by atoms with Crippen LogP contribution in [0.4, 0.5) is 0 Å². The van der Waals surface area contributed by atoms with Crippen LogP contribution in [0.3, 0.4) is 0 Å². The first-order valence-corrected chi connectivity index (χ1v) is 12.5. The molecule has 0 atom stereocenters. The smallest absolute Gasteiger partial charge is 0.0594 e. The highest BCUT2D eigenvalue weighted by molar-refractivity contribution is 5.14. The first kappa shape index (κ1) is 25.6. The van der Waals surface area contributed by atoms with Crippen LogP contribution < -0.4 is 0 Å². The quantitative estimate of drug-likeness (QED) is 0.649. The Labute approximate surface area is 195 Å². The minimum absolute atomic E-state index is 0.780. The minimum atomic E-state index is 0.780. The number of ether oxygens (including phenoxy) is 3. The van der Waals surface area contributed by atoms with Crippen LogP contribution in [0.1, 0.15) is 12.5 Å². The molecule has 0 radical (unpaired) electrons. The third-order valence-electron chi connectivity index (χ3n) is 6.47. The fourth-order valence-electron chi connectivity index (χ4n) is 4.24. The zero-order chi connectivity index (χ0) is 22.3. The Morgan fingerprint density at radius 3 is 1.56 bits per heavy atom. The van der Waals surface area contributed by atoms with Gasteiger partial charge in [-0.3, -0.25) is 14.7 Å². The van der Waals surface area contributed by atoms with Gasteiger partial charge in [-0.2, -0.15) is 0 Å². The molecule has 2 bridgehead atoms. The summed E-state index contributed by atoms with van der Waals surface area (Å²) >= 11 is 0. The van der Waals surface area contributed by atoms with Crippen molar-refractivity contribution in [2.24, 2.45) is 0 Å². The van der Waals surface area contributed by atoms with Crippen LogP contribution >= 0.6 is 0 Å². The summed E-state index contributed by atoms with van der Waals surface area (Å²) in [4.78, 5) is 9.97. The van der Waals surface area contributed by atoms with Crippen molar-refractivity contribution in [3.63, 3.8) is 0 Å². The summed E-state index contributed by atoms with van der Waals surface area (Å²) in [5, 5.41) is 0. The van der Waals surface area contributed by atoms with Crippen molar-refractivity contribution in [2.75, 3.05) is 112 Å². The van der Waals surface area contributed by atoms with Crippen LogP contribution in [0.2, 0.25) is 0 Å². The van der Waals surface area contributed by atoms with Gasteiger partial charge in [0.25, 0.3) is 0 Å². The highest BCUT2D eigenvalue weighted by Crippen LogP contribution is 2.06. The minimum Gasteiger partial charge on any atom is -0.379 e. The molecule has 0 aliphatic carbocycles. The molecule has 4 rings (SSSR count). The maximum Gasteiger partial charge on any atom is 0.0594 e. The lowest BCUT2D eigenvalue weighted by Gasteiger charge is -2.30. The van der Waals surface area contributed by atoms with E-state index in [0.29, 0.717) is 0 Å². The summed E-state index contributed by atoms with van der Waals surface area (Å²) in [7, 11) is 0. The zero-order valence-electron chi connectivity index (χ0n) is 20.1. The Morgan fingerprint density at radius 1 is 0.562 bits per heavy atom. The monoisotopic (exact) mass is 448 g/mol. The topological polar surface area (TPSA) is 40.7 Å². The van der Waals surface area contributed by atoms with Crippen LogP contribution in [-0.2, 0) is 20.8 Å². The molecule has 0 spiro atoms. The van der Waals surface area contributed by atoms with E-state index in [0.717, 1.165) is 118 Å². The molecular formula is C25H44N4O3. The molecule has 3 saturated heterocycles. The molecule has 32 heavy (non-hydrogen) atoms. The van der Waals surface area contributed by atoms with E-state index < -0.39 is 0 Å². The van der Waals surface area contributed by atoms with E-state index in [2.05, 4.69) is 56.9 Å². The van der Waals surface area contributed by atoms with Crippen LogP contribution in [0.25, 0.3) is 0 Å². The Hall–Kier alpha value is -1.06. The fourth-order valence-corrected chi connectivity index (χ4v) is 4.24. The van der Waals surface area contributed by atoms with Crippen molar-refractivity contribution in [2.45, 2.75) is 13.5 Å². The van der Waals surface area contributed by atoms with Gasteiger partial charge in [0.2, 0.25) is 0 Å². The van der Waals surface area contributed by atoms with E-state index in [9.17, 15) is 0 Å². The standard InChI is InChI=1S/C25H44N4O3/c1-2-26-8-9-27-13-19-31-21-15-28(16-22-32-20-14-27)10-11-29(17-23-30-18-12-26)24-25-6-4-3-5-7-25/h3-7H,2,8-24H2,1H3. The number of nitrogens with zero attached hydrogens (tertiary/aromatic N) is 4. The molecule has 7 heteroatoms. The summed E-state index contributed by atoms with van der Waals surface area (Å²) in [6.45, 7) is 19.0. The van der Waals surface area contributed by atoms with Gasteiger partial charge in [0.15, 0.2) is 0 Å². The van der Waals surface area contributed by atoms with Crippen LogP contribution in [0, 0.1) is 0 Å². The van der Waals surface area contributed by atoms with Gasteiger partial charge in [-0.25, -0.2) is 0 Å². The van der Waals surface area contributed by atoms with Crippen LogP contribution in [0.15, 0.2) is 30.3 Å². The van der Waals surface area contributed by atoms with Crippen molar-refractivity contribution in [3.8, 4) is 0 Å². The fraction of sp³-hybridized carbons (Fsp3) is 0.760. The molecule has 1 aromatic rings. The third kappa shape index (κ3) is 10.3. The number of hydrogen-bond acceptors (Lipinski definition) is 7. The lowest BCUT2D eigenvalue weighted by molar-refractivity contribution is 0.0272. The molecule has 3 aliphatic rings. The molecule has 3 aliphatic heterocycles. The number of hydrogen-bond donors (Lipinski definition) is 0. The van der Waals surface area contributed by atoms with Crippen molar-refractivity contribution >= 4 is 0 Å². The lowest BCUT2D eigenvalue weighted by atomic mass is 10.2. The molecule has 182 valence electrons. The first-order chi connectivity index (χ1) is 15.8. The van der Waals surface area contributed by atoms with Crippen molar-refractivity contribution in [1.29, 1.82) is 0 Å². The second-order valence-electron chi connectivity index (χ2n) is 8.72. The van der Waals surface area contributed by atoms with E-state index >= 15 is 0 Å². The SMILES string of the molecule is CCN1CCOCCN(Cc2ccccc2)CCN2CCOCCN(CCOCC2)CC1. The van der Waals surface area contributed by atoms with E-state index in [1.54, 1.807) is 0 Å². The maximum atomic E-state index is 6.07. The largest absolute Gasteiger partial charge is 0.379 e. The van der Waals surface area contributed by atoms with Gasteiger partial charge in [0.05, 0.1) is 39.6 Å². The maximum absolute atomic E-state index is 6.07. The average molecular weight is 449 g/mol. The number of benzene rings is 1. The molecule has 0 unspecified atom stereocenters. The molecule has 3 fully saturated rings. The number of rotatable bonds is 3. The summed E-state index contributed by atoms with van der Waals surface area (Å²) in [6.07, 6.45) is 0. The van der Waals surface area contributed by atoms with E-state index in [1.165, 1.54) is 5.56 Å². The Kier molecular flexibility index (Phi) is 12.6. The molecule has 0 saturated carbocycles.